The van der Waals surface area contributed by atoms with Gasteiger partial charge in [-0.1, -0.05) is 29.3 Å². The van der Waals surface area contributed by atoms with Crippen molar-refractivity contribution in [1.29, 1.82) is 0 Å². The molecule has 2 aromatic carbocycles. The van der Waals surface area contributed by atoms with E-state index in [0.717, 1.165) is 31.2 Å². The second-order valence-corrected chi connectivity index (χ2v) is 8.79. The van der Waals surface area contributed by atoms with Gasteiger partial charge in [0.1, 0.15) is 11.5 Å². The molecule has 1 aliphatic carbocycles. The molecule has 2 atom stereocenters. The maximum absolute atomic E-state index is 12.5. The fourth-order valence-corrected chi connectivity index (χ4v) is 3.79. The van der Waals surface area contributed by atoms with Crippen LogP contribution in [-0.4, -0.2) is 36.1 Å². The Balaban J connectivity index is 1.38. The van der Waals surface area contributed by atoms with E-state index in [4.69, 9.17) is 21.1 Å². The molecule has 2 unspecified atom stereocenters. The Bertz CT molecular complexity index is 818. The molecule has 2 aromatic rings. The van der Waals surface area contributed by atoms with Crippen LogP contribution >= 0.6 is 11.6 Å². The zero-order valence-corrected chi connectivity index (χ0v) is 19.5. The molecule has 32 heavy (non-hydrogen) atoms. The number of amides is 2. The van der Waals surface area contributed by atoms with Crippen LogP contribution in [0.15, 0.2) is 48.5 Å². The standard InChI is InChI=1S/C25H31ClN2O4/c1-16-4-12-22(13-5-16)31-17(2)24(29)27-20-8-10-21(11-9-20)28-25(30)18(3)32-23-14-6-19(26)7-15-23/h4-7,12-15,17-18,20-21H,8-11H2,1-3H3,(H,27,29)(H,28,30). The summed E-state index contributed by atoms with van der Waals surface area (Å²) in [5.74, 6) is 1.01. The maximum atomic E-state index is 12.5. The predicted octanol–water partition coefficient (Wildman–Crippen LogP) is 4.43. The lowest BCUT2D eigenvalue weighted by atomic mass is 9.91. The van der Waals surface area contributed by atoms with E-state index in [1.165, 1.54) is 0 Å². The predicted molar refractivity (Wildman–Crippen MR) is 125 cm³/mol. The minimum atomic E-state index is -0.603. The van der Waals surface area contributed by atoms with E-state index >= 15 is 0 Å². The number of nitrogens with one attached hydrogen (secondary N) is 2. The van der Waals surface area contributed by atoms with Crippen molar-refractivity contribution in [2.24, 2.45) is 0 Å². The van der Waals surface area contributed by atoms with Crippen LogP contribution in [0.1, 0.15) is 45.1 Å². The molecule has 0 radical (unpaired) electrons. The van der Waals surface area contributed by atoms with Gasteiger partial charge in [-0.05, 0) is 82.9 Å². The molecular weight excluding hydrogens is 428 g/mol. The van der Waals surface area contributed by atoms with Crippen molar-refractivity contribution in [3.8, 4) is 11.5 Å². The van der Waals surface area contributed by atoms with Crippen molar-refractivity contribution < 1.29 is 19.1 Å². The fraction of sp³-hybridized carbons (Fsp3) is 0.440. The second kappa shape index (κ2) is 11.2. The van der Waals surface area contributed by atoms with Gasteiger partial charge in [0.05, 0.1) is 0 Å². The van der Waals surface area contributed by atoms with Gasteiger partial charge in [-0.3, -0.25) is 9.59 Å². The van der Waals surface area contributed by atoms with E-state index in [2.05, 4.69) is 10.6 Å². The van der Waals surface area contributed by atoms with Gasteiger partial charge >= 0.3 is 0 Å². The number of halogens is 1. The molecule has 1 aliphatic rings. The van der Waals surface area contributed by atoms with Crippen molar-refractivity contribution in [2.45, 2.75) is 70.7 Å². The van der Waals surface area contributed by atoms with Crippen LogP contribution in [0.25, 0.3) is 0 Å². The lowest BCUT2D eigenvalue weighted by Gasteiger charge is -2.31. The molecular formula is C25H31ClN2O4. The van der Waals surface area contributed by atoms with Gasteiger partial charge < -0.3 is 20.1 Å². The van der Waals surface area contributed by atoms with Gasteiger partial charge in [-0.2, -0.15) is 0 Å². The highest BCUT2D eigenvalue weighted by Gasteiger charge is 2.27. The van der Waals surface area contributed by atoms with E-state index < -0.39 is 12.2 Å². The molecule has 172 valence electrons. The Labute approximate surface area is 194 Å². The van der Waals surface area contributed by atoms with Gasteiger partial charge in [0.25, 0.3) is 11.8 Å². The van der Waals surface area contributed by atoms with Crippen LogP contribution in [0.3, 0.4) is 0 Å². The van der Waals surface area contributed by atoms with E-state index in [9.17, 15) is 9.59 Å². The number of aryl methyl sites for hydroxylation is 1. The molecule has 3 rings (SSSR count). The first-order valence-corrected chi connectivity index (χ1v) is 11.4. The number of hydrogen-bond acceptors (Lipinski definition) is 4. The highest BCUT2D eigenvalue weighted by Crippen LogP contribution is 2.21. The van der Waals surface area contributed by atoms with Crippen molar-refractivity contribution >= 4 is 23.4 Å². The molecule has 2 N–H and O–H groups in total. The Kier molecular flexibility index (Phi) is 8.39. The third-order valence-corrected chi connectivity index (χ3v) is 5.87. The quantitative estimate of drug-likeness (QED) is 0.613. The van der Waals surface area contributed by atoms with E-state index in [-0.39, 0.29) is 23.9 Å². The van der Waals surface area contributed by atoms with Gasteiger partial charge in [0, 0.05) is 17.1 Å². The van der Waals surface area contributed by atoms with Crippen molar-refractivity contribution in [3.05, 3.63) is 59.1 Å². The van der Waals surface area contributed by atoms with E-state index in [1.54, 1.807) is 38.1 Å². The minimum absolute atomic E-state index is 0.0770. The SMILES string of the molecule is Cc1ccc(OC(C)C(=O)NC2CCC(NC(=O)C(C)Oc3ccc(Cl)cc3)CC2)cc1. The summed E-state index contributed by atoms with van der Waals surface area (Å²) in [7, 11) is 0. The summed E-state index contributed by atoms with van der Waals surface area (Å²) in [6, 6.07) is 14.7. The highest BCUT2D eigenvalue weighted by molar-refractivity contribution is 6.30. The average Bonchev–Trinajstić information content (AvgIpc) is 2.78. The van der Waals surface area contributed by atoms with Crippen molar-refractivity contribution in [1.82, 2.24) is 10.6 Å². The van der Waals surface area contributed by atoms with E-state index in [1.807, 2.05) is 31.2 Å². The van der Waals surface area contributed by atoms with Crippen LogP contribution in [-0.2, 0) is 9.59 Å². The zero-order chi connectivity index (χ0) is 23.1. The van der Waals surface area contributed by atoms with Crippen LogP contribution in [0.5, 0.6) is 11.5 Å². The minimum Gasteiger partial charge on any atom is -0.481 e. The second-order valence-electron chi connectivity index (χ2n) is 8.35. The molecule has 1 fully saturated rings. The molecule has 0 spiro atoms. The third kappa shape index (κ3) is 7.16. The lowest BCUT2D eigenvalue weighted by Crippen LogP contribution is -2.48. The largest absolute Gasteiger partial charge is 0.481 e. The first kappa shape index (κ1) is 23.9. The number of rotatable bonds is 8. The molecule has 0 aromatic heterocycles. The number of benzene rings is 2. The lowest BCUT2D eigenvalue weighted by molar-refractivity contribution is -0.129. The Morgan fingerprint density at radius 2 is 1.16 bits per heavy atom. The molecule has 0 heterocycles. The van der Waals surface area contributed by atoms with Crippen molar-refractivity contribution in [3.63, 3.8) is 0 Å². The molecule has 0 aliphatic heterocycles. The number of carbonyl (C=O) groups excluding carboxylic acids is 2. The van der Waals surface area contributed by atoms with Gasteiger partial charge in [-0.25, -0.2) is 0 Å². The number of ether oxygens (including phenoxy) is 2. The van der Waals surface area contributed by atoms with Crippen LogP contribution in [0.2, 0.25) is 5.02 Å². The average molecular weight is 459 g/mol. The number of carbonyl (C=O) groups is 2. The summed E-state index contributed by atoms with van der Waals surface area (Å²) in [5, 5.41) is 6.75. The Morgan fingerprint density at radius 1 is 0.781 bits per heavy atom. The summed E-state index contributed by atoms with van der Waals surface area (Å²) in [4.78, 5) is 25.0. The topological polar surface area (TPSA) is 76.7 Å². The smallest absolute Gasteiger partial charge is 0.260 e. The van der Waals surface area contributed by atoms with Crippen molar-refractivity contribution in [2.75, 3.05) is 0 Å². The van der Waals surface area contributed by atoms with E-state index in [0.29, 0.717) is 16.5 Å². The molecule has 0 bridgehead atoms. The molecule has 7 heteroatoms. The zero-order valence-electron chi connectivity index (χ0n) is 18.8. The van der Waals surface area contributed by atoms with Gasteiger partial charge in [0.2, 0.25) is 0 Å². The van der Waals surface area contributed by atoms with Crippen LogP contribution in [0.4, 0.5) is 0 Å². The summed E-state index contributed by atoms with van der Waals surface area (Å²) in [6.45, 7) is 5.49. The fourth-order valence-electron chi connectivity index (χ4n) is 3.66. The summed E-state index contributed by atoms with van der Waals surface area (Å²) < 4.78 is 11.4. The normalized spacial score (nSPS) is 20.0. The molecule has 2 amide bonds. The van der Waals surface area contributed by atoms with Crippen LogP contribution < -0.4 is 20.1 Å². The molecule has 1 saturated carbocycles. The first-order valence-electron chi connectivity index (χ1n) is 11.1. The highest BCUT2D eigenvalue weighted by atomic mass is 35.5. The summed E-state index contributed by atoms with van der Waals surface area (Å²) in [6.07, 6.45) is 2.05. The monoisotopic (exact) mass is 458 g/mol. The number of hydrogen-bond donors (Lipinski definition) is 2. The Hall–Kier alpha value is -2.73. The maximum Gasteiger partial charge on any atom is 0.260 e. The molecule has 0 saturated heterocycles. The summed E-state index contributed by atoms with van der Waals surface area (Å²) >= 11 is 5.87. The summed E-state index contributed by atoms with van der Waals surface area (Å²) in [5.41, 5.74) is 1.14. The Morgan fingerprint density at radius 3 is 1.56 bits per heavy atom. The third-order valence-electron chi connectivity index (χ3n) is 5.62. The first-order chi connectivity index (χ1) is 15.3. The van der Waals surface area contributed by atoms with Crippen LogP contribution in [0, 0.1) is 6.92 Å². The van der Waals surface area contributed by atoms with Gasteiger partial charge in [-0.15, -0.1) is 0 Å². The molecule has 6 nitrogen and oxygen atoms in total. The van der Waals surface area contributed by atoms with Gasteiger partial charge in [0.15, 0.2) is 12.2 Å².